The average molecular weight is 665 g/mol. The average Bonchev–Trinajstić information content (AvgIpc) is 2.91. The van der Waals surface area contributed by atoms with E-state index in [1.165, 1.54) is 0 Å². The minimum atomic E-state index is -2.16. The van der Waals surface area contributed by atoms with E-state index in [2.05, 4.69) is 26.3 Å². The molecule has 0 amide bonds. The normalized spacial score (nSPS) is 13.2. The first-order valence-corrected chi connectivity index (χ1v) is 26.5. The van der Waals surface area contributed by atoms with E-state index in [9.17, 15) is 19.2 Å². The van der Waals surface area contributed by atoms with Crippen molar-refractivity contribution in [1.82, 2.24) is 0 Å². The zero-order valence-electron chi connectivity index (χ0n) is 24.7. The van der Waals surface area contributed by atoms with Gasteiger partial charge in [-0.3, -0.25) is 0 Å². The molecule has 0 aromatic heterocycles. The third-order valence-electron chi connectivity index (χ3n) is 4.87. The zero-order valence-corrected chi connectivity index (χ0v) is 31.4. The van der Waals surface area contributed by atoms with Gasteiger partial charge >= 0.3 is 23.9 Å². The molecule has 0 rings (SSSR count). The monoisotopic (exact) mass is 664 g/mol. The third-order valence-corrected chi connectivity index (χ3v) is 41.1. The summed E-state index contributed by atoms with van der Waals surface area (Å²) < 4.78 is 44.8. The molecule has 0 saturated heterocycles. The van der Waals surface area contributed by atoms with E-state index in [-0.39, 0.29) is 52.9 Å². The summed E-state index contributed by atoms with van der Waals surface area (Å²) in [5.41, 5.74) is 1.22. The van der Waals surface area contributed by atoms with E-state index >= 15 is 0 Å². The van der Waals surface area contributed by atoms with Crippen LogP contribution in [0.25, 0.3) is 0 Å². The number of hydrogen-bond donors (Lipinski definition) is 0. The fourth-order valence-electron chi connectivity index (χ4n) is 2.67. The van der Waals surface area contributed by atoms with Gasteiger partial charge in [-0.2, -0.15) is 0 Å². The fraction of sp³-hybridized carbons (Fsp3) is 0.500. The molecule has 0 N–H and O–H groups in total. The van der Waals surface area contributed by atoms with Crippen molar-refractivity contribution in [1.29, 1.82) is 0 Å². The summed E-state index contributed by atoms with van der Waals surface area (Å²) in [6, 6.07) is 0. The van der Waals surface area contributed by atoms with Gasteiger partial charge in [0.2, 0.25) is 0 Å². The van der Waals surface area contributed by atoms with Crippen molar-refractivity contribution in [2.24, 2.45) is 0 Å². The van der Waals surface area contributed by atoms with E-state index < -0.39 is 67.1 Å². The van der Waals surface area contributed by atoms with E-state index in [1.807, 2.05) is 0 Å². The number of carbonyl (C=O) groups is 4. The number of carbonyl (C=O) groups excluding carboxylic acids is 4. The van der Waals surface area contributed by atoms with Crippen molar-refractivity contribution >= 4 is 67.1 Å². The quantitative estimate of drug-likeness (QED) is 0.0382. The molecule has 0 saturated carbocycles. The molecule has 0 aliphatic rings. The zero-order chi connectivity index (χ0) is 31.3. The molecule has 17 heteroatoms. The Kier molecular flexibility index (Phi) is 21.2. The van der Waals surface area contributed by atoms with Crippen molar-refractivity contribution in [3.05, 3.63) is 48.6 Å². The second-order valence-corrected chi connectivity index (χ2v) is 54.6. The van der Waals surface area contributed by atoms with Crippen LogP contribution in [-0.4, -0.2) is 120 Å². The van der Waals surface area contributed by atoms with Crippen LogP contribution in [0.1, 0.15) is 27.7 Å². The highest BCUT2D eigenvalue weighted by atomic mass is 30.1. The van der Waals surface area contributed by atoms with Gasteiger partial charge in [-0.25, -0.2) is 19.2 Å². The highest BCUT2D eigenvalue weighted by Gasteiger charge is 2.39. The van der Waals surface area contributed by atoms with Crippen LogP contribution in [0.3, 0.4) is 0 Å². The summed E-state index contributed by atoms with van der Waals surface area (Å²) >= 11 is 0. The number of hydrogen-bond acceptors (Lipinski definition) is 12. The summed E-state index contributed by atoms with van der Waals surface area (Å²) in [5.74, 6) is -1.93. The molecule has 0 bridgehead atoms. The lowest BCUT2D eigenvalue weighted by Crippen LogP contribution is -2.64. The van der Waals surface area contributed by atoms with Crippen LogP contribution in [-0.2, 0) is 55.8 Å². The molecule has 0 radical (unpaired) electrons. The first-order valence-electron chi connectivity index (χ1n) is 12.9. The van der Waals surface area contributed by atoms with E-state index in [1.54, 1.807) is 27.7 Å². The minimum Gasteiger partial charge on any atom is -0.460 e. The lowest BCUT2D eigenvalue weighted by Gasteiger charge is -2.28. The third kappa shape index (κ3) is 19.5. The largest absolute Gasteiger partial charge is 0.460 e. The Balaban J connectivity index is 5.28. The van der Waals surface area contributed by atoms with E-state index in [0.717, 1.165) is 0 Å². The maximum atomic E-state index is 11.7. The Bertz CT molecular complexity index is 790. The molecule has 0 aromatic rings. The second kappa shape index (κ2) is 22.4. The van der Waals surface area contributed by atoms with Gasteiger partial charge in [-0.05, 0) is 27.7 Å². The summed E-state index contributed by atoms with van der Waals surface area (Å²) in [5, 5.41) is 0. The topological polar surface area (TPSA) is 142 Å². The van der Waals surface area contributed by atoms with Crippen LogP contribution >= 0.6 is 0 Å². The molecule has 0 spiro atoms. The Morgan fingerprint density at radius 1 is 0.439 bits per heavy atom. The first-order chi connectivity index (χ1) is 19.3. The Labute approximate surface area is 251 Å². The smallest absolute Gasteiger partial charge is 0.333 e. The lowest BCUT2D eigenvalue weighted by molar-refractivity contribution is -0.140. The Morgan fingerprint density at radius 2 is 0.634 bits per heavy atom. The van der Waals surface area contributed by atoms with Crippen LogP contribution in [0.15, 0.2) is 48.6 Å². The maximum absolute atomic E-state index is 11.7. The Hall–Kier alpha value is -2.24. The van der Waals surface area contributed by atoms with Gasteiger partial charge in [0.15, 0.2) is 0 Å². The van der Waals surface area contributed by atoms with Crippen molar-refractivity contribution < 1.29 is 55.8 Å². The summed E-state index contributed by atoms with van der Waals surface area (Å²) in [6.45, 7) is 21.9. The van der Waals surface area contributed by atoms with Crippen LogP contribution in [0.2, 0.25) is 0 Å². The van der Waals surface area contributed by atoms with Crippen LogP contribution in [0.4, 0.5) is 0 Å². The molecule has 0 aliphatic heterocycles. The van der Waals surface area contributed by atoms with Gasteiger partial charge in [0.05, 0.1) is 26.4 Å². The van der Waals surface area contributed by atoms with Crippen LogP contribution < -0.4 is 0 Å². The van der Waals surface area contributed by atoms with Crippen LogP contribution in [0, 0.1) is 0 Å². The van der Waals surface area contributed by atoms with Crippen molar-refractivity contribution in [3.63, 3.8) is 0 Å². The predicted octanol–water partition coefficient (Wildman–Crippen LogP) is -1.70. The molecule has 0 unspecified atom stereocenters. The van der Waals surface area contributed by atoms with Crippen LogP contribution in [0.5, 0.6) is 0 Å². The van der Waals surface area contributed by atoms with Crippen molar-refractivity contribution in [2.75, 3.05) is 52.9 Å². The molecule has 0 aromatic carbocycles. The van der Waals surface area contributed by atoms with Crippen molar-refractivity contribution in [2.45, 2.75) is 27.7 Å². The maximum Gasteiger partial charge on any atom is 0.333 e. The number of rotatable bonds is 24. The van der Waals surface area contributed by atoms with Gasteiger partial charge in [0.1, 0.15) is 69.7 Å². The van der Waals surface area contributed by atoms with Gasteiger partial charge in [0.25, 0.3) is 0 Å². The highest BCUT2D eigenvalue weighted by molar-refractivity contribution is 7.83. The molecule has 232 valence electrons. The molecule has 0 atom stereocenters. The van der Waals surface area contributed by atoms with Gasteiger partial charge < -0.3 is 36.7 Å². The minimum absolute atomic E-state index is 0.0982. The SMILES string of the molecule is C=C(C)C(=O)OCCO[SiH2][Si]([SiH2]OCCOC(=O)C(=C)C)([SiH2]OCCOC(=O)C(=C)C)[SiH2]OCCOC(=O)C(=C)C. The highest BCUT2D eigenvalue weighted by Crippen LogP contribution is 2.03. The van der Waals surface area contributed by atoms with Crippen molar-refractivity contribution in [3.8, 4) is 0 Å². The first kappa shape index (κ1) is 38.8. The summed E-state index contributed by atoms with van der Waals surface area (Å²) in [4.78, 5) is 46.6. The standard InChI is InChI=1S/C24H44O12Si5/c1-17(2)21(25)29-9-13-33-37-41(38-34-14-10-30-22(26)18(3)4,39-35-15-11-31-23(27)19(5)6)40-36-16-12-32-24(28)20(7)8/h1,3,5,7,9-16,37-40H2,2,4,6,8H3. The lowest BCUT2D eigenvalue weighted by atomic mass is 10.4. The van der Waals surface area contributed by atoms with Gasteiger partial charge in [-0.1, -0.05) is 26.3 Å². The predicted molar refractivity (Wildman–Crippen MR) is 167 cm³/mol. The Morgan fingerprint density at radius 3 is 0.805 bits per heavy atom. The van der Waals surface area contributed by atoms with Gasteiger partial charge in [0, 0.05) is 22.3 Å². The molecule has 12 nitrogen and oxygen atoms in total. The molecule has 0 aliphatic carbocycles. The van der Waals surface area contributed by atoms with E-state index in [4.69, 9.17) is 36.7 Å². The molecule has 0 fully saturated rings. The number of esters is 4. The molecular weight excluding hydrogens is 621 g/mol. The van der Waals surface area contributed by atoms with Gasteiger partial charge in [-0.15, -0.1) is 0 Å². The number of ether oxygens (including phenoxy) is 4. The summed E-state index contributed by atoms with van der Waals surface area (Å²) in [6.07, 6.45) is -2.16. The second-order valence-electron chi connectivity index (χ2n) is 9.38. The molecule has 41 heavy (non-hydrogen) atoms. The fourth-order valence-corrected chi connectivity index (χ4v) is 34.5. The molecular formula is C24H44O12Si5. The van der Waals surface area contributed by atoms with E-state index in [0.29, 0.717) is 22.3 Å². The summed E-state index contributed by atoms with van der Waals surface area (Å²) in [7, 11) is -4.66. The molecule has 0 heterocycles.